The maximum atomic E-state index is 9.05. The smallest absolute Gasteiger partial charge is 0.0468 e. The van der Waals surface area contributed by atoms with Gasteiger partial charge in [-0.15, -0.1) is 0 Å². The highest BCUT2D eigenvalue weighted by Crippen LogP contribution is 2.28. The SMILES string of the molecule is CCCC(NCC(C)CO)C1CCCCC1. The average molecular weight is 227 g/mol. The predicted molar refractivity (Wildman–Crippen MR) is 69.5 cm³/mol. The van der Waals surface area contributed by atoms with Gasteiger partial charge in [-0.3, -0.25) is 0 Å². The molecule has 2 heteroatoms. The molecule has 1 saturated carbocycles. The minimum Gasteiger partial charge on any atom is -0.396 e. The van der Waals surface area contributed by atoms with Crippen molar-refractivity contribution in [1.82, 2.24) is 5.32 Å². The van der Waals surface area contributed by atoms with E-state index in [1.807, 2.05) is 0 Å². The molecule has 0 aromatic heterocycles. The Morgan fingerprint density at radius 1 is 1.25 bits per heavy atom. The van der Waals surface area contributed by atoms with Crippen LogP contribution in [-0.2, 0) is 0 Å². The molecule has 2 unspecified atom stereocenters. The Bertz CT molecular complexity index is 166. The highest BCUT2D eigenvalue weighted by Gasteiger charge is 2.22. The lowest BCUT2D eigenvalue weighted by Gasteiger charge is -2.31. The van der Waals surface area contributed by atoms with Crippen molar-refractivity contribution in [3.63, 3.8) is 0 Å². The van der Waals surface area contributed by atoms with Crippen LogP contribution in [0.15, 0.2) is 0 Å². The van der Waals surface area contributed by atoms with Gasteiger partial charge in [0, 0.05) is 19.2 Å². The van der Waals surface area contributed by atoms with E-state index in [1.165, 1.54) is 44.9 Å². The van der Waals surface area contributed by atoms with Crippen molar-refractivity contribution < 1.29 is 5.11 Å². The fraction of sp³-hybridized carbons (Fsp3) is 1.00. The molecule has 0 radical (unpaired) electrons. The van der Waals surface area contributed by atoms with Crippen LogP contribution in [0.1, 0.15) is 58.8 Å². The van der Waals surface area contributed by atoms with E-state index in [1.54, 1.807) is 0 Å². The summed E-state index contributed by atoms with van der Waals surface area (Å²) >= 11 is 0. The molecule has 2 nitrogen and oxygen atoms in total. The van der Waals surface area contributed by atoms with Crippen LogP contribution in [-0.4, -0.2) is 24.3 Å². The van der Waals surface area contributed by atoms with Crippen molar-refractivity contribution in [2.24, 2.45) is 11.8 Å². The zero-order valence-electron chi connectivity index (χ0n) is 11.0. The fourth-order valence-corrected chi connectivity index (χ4v) is 2.77. The summed E-state index contributed by atoms with van der Waals surface area (Å²) in [6, 6.07) is 0.694. The van der Waals surface area contributed by atoms with Gasteiger partial charge in [0.1, 0.15) is 0 Å². The molecule has 0 saturated heterocycles. The summed E-state index contributed by atoms with van der Waals surface area (Å²) < 4.78 is 0. The van der Waals surface area contributed by atoms with Crippen LogP contribution in [0.3, 0.4) is 0 Å². The first-order chi connectivity index (χ1) is 7.77. The molecule has 2 atom stereocenters. The Hall–Kier alpha value is -0.0800. The topological polar surface area (TPSA) is 32.3 Å². The van der Waals surface area contributed by atoms with Crippen molar-refractivity contribution in [1.29, 1.82) is 0 Å². The molecule has 16 heavy (non-hydrogen) atoms. The van der Waals surface area contributed by atoms with E-state index in [0.29, 0.717) is 18.6 Å². The molecule has 0 spiro atoms. The van der Waals surface area contributed by atoms with Gasteiger partial charge in [0.05, 0.1) is 0 Å². The molecule has 0 heterocycles. The highest BCUT2D eigenvalue weighted by molar-refractivity contribution is 4.79. The molecule has 1 fully saturated rings. The summed E-state index contributed by atoms with van der Waals surface area (Å²) in [5.74, 6) is 1.28. The third-order valence-electron chi connectivity index (χ3n) is 3.86. The number of hydrogen-bond donors (Lipinski definition) is 2. The van der Waals surface area contributed by atoms with Crippen molar-refractivity contribution in [3.05, 3.63) is 0 Å². The second-order valence-electron chi connectivity index (χ2n) is 5.49. The fourth-order valence-electron chi connectivity index (χ4n) is 2.77. The van der Waals surface area contributed by atoms with Crippen LogP contribution in [0.2, 0.25) is 0 Å². The largest absolute Gasteiger partial charge is 0.396 e. The van der Waals surface area contributed by atoms with Gasteiger partial charge in [-0.1, -0.05) is 39.5 Å². The van der Waals surface area contributed by atoms with Crippen LogP contribution in [0.25, 0.3) is 0 Å². The third-order valence-corrected chi connectivity index (χ3v) is 3.86. The van der Waals surface area contributed by atoms with Gasteiger partial charge in [0.2, 0.25) is 0 Å². The Labute approximate surface area is 101 Å². The first kappa shape index (κ1) is 14.0. The van der Waals surface area contributed by atoms with Gasteiger partial charge >= 0.3 is 0 Å². The first-order valence-corrected chi connectivity index (χ1v) is 7.12. The number of nitrogens with one attached hydrogen (secondary N) is 1. The number of aliphatic hydroxyl groups excluding tert-OH is 1. The van der Waals surface area contributed by atoms with Crippen molar-refractivity contribution in [3.8, 4) is 0 Å². The molecule has 1 rings (SSSR count). The summed E-state index contributed by atoms with van der Waals surface area (Å²) in [4.78, 5) is 0. The molecule has 0 aromatic rings. The van der Waals surface area contributed by atoms with E-state index in [0.717, 1.165) is 12.5 Å². The van der Waals surface area contributed by atoms with Gasteiger partial charge in [0.15, 0.2) is 0 Å². The maximum absolute atomic E-state index is 9.05. The normalized spacial score (nSPS) is 21.9. The van der Waals surface area contributed by atoms with Gasteiger partial charge < -0.3 is 10.4 Å². The van der Waals surface area contributed by atoms with Crippen molar-refractivity contribution in [2.75, 3.05) is 13.2 Å². The van der Waals surface area contributed by atoms with Crippen LogP contribution in [0, 0.1) is 11.8 Å². The lowest BCUT2D eigenvalue weighted by atomic mass is 9.82. The molecule has 0 amide bonds. The summed E-state index contributed by atoms with van der Waals surface area (Å²) in [7, 11) is 0. The summed E-state index contributed by atoms with van der Waals surface area (Å²) in [6.07, 6.45) is 9.65. The second kappa shape index (κ2) is 8.08. The Kier molecular flexibility index (Phi) is 7.06. The molecule has 0 aromatic carbocycles. The van der Waals surface area contributed by atoms with Crippen molar-refractivity contribution >= 4 is 0 Å². The number of hydrogen-bond acceptors (Lipinski definition) is 2. The van der Waals surface area contributed by atoms with Crippen LogP contribution < -0.4 is 5.32 Å². The Morgan fingerprint density at radius 3 is 2.50 bits per heavy atom. The van der Waals surface area contributed by atoms with E-state index < -0.39 is 0 Å². The first-order valence-electron chi connectivity index (χ1n) is 7.12. The van der Waals surface area contributed by atoms with Crippen LogP contribution >= 0.6 is 0 Å². The minimum absolute atomic E-state index is 0.302. The Morgan fingerprint density at radius 2 is 1.94 bits per heavy atom. The van der Waals surface area contributed by atoms with E-state index in [2.05, 4.69) is 19.2 Å². The monoisotopic (exact) mass is 227 g/mol. The molecule has 2 N–H and O–H groups in total. The molecule has 1 aliphatic rings. The summed E-state index contributed by atoms with van der Waals surface area (Å²) in [5, 5.41) is 12.7. The molecule has 1 aliphatic carbocycles. The summed E-state index contributed by atoms with van der Waals surface area (Å²) in [6.45, 7) is 5.65. The van der Waals surface area contributed by atoms with Crippen molar-refractivity contribution in [2.45, 2.75) is 64.8 Å². The molecule has 0 bridgehead atoms. The van der Waals surface area contributed by atoms with E-state index in [9.17, 15) is 0 Å². The van der Waals surface area contributed by atoms with Gasteiger partial charge in [-0.05, 0) is 31.1 Å². The van der Waals surface area contributed by atoms with Gasteiger partial charge in [-0.25, -0.2) is 0 Å². The highest BCUT2D eigenvalue weighted by atomic mass is 16.3. The lowest BCUT2D eigenvalue weighted by molar-refractivity contribution is 0.208. The van der Waals surface area contributed by atoms with Crippen LogP contribution in [0.5, 0.6) is 0 Å². The zero-order chi connectivity index (χ0) is 11.8. The standard InChI is InChI=1S/C14H29NO/c1-3-7-14(15-10-12(2)11-16)13-8-5-4-6-9-13/h12-16H,3-11H2,1-2H3. The summed E-state index contributed by atoms with van der Waals surface area (Å²) in [5.41, 5.74) is 0. The van der Waals surface area contributed by atoms with E-state index >= 15 is 0 Å². The number of rotatable bonds is 7. The van der Waals surface area contributed by atoms with E-state index in [4.69, 9.17) is 5.11 Å². The van der Waals surface area contributed by atoms with Crippen LogP contribution in [0.4, 0.5) is 0 Å². The quantitative estimate of drug-likeness (QED) is 0.701. The molecule has 96 valence electrons. The molecular weight excluding hydrogens is 198 g/mol. The maximum Gasteiger partial charge on any atom is 0.0468 e. The zero-order valence-corrected chi connectivity index (χ0v) is 11.0. The van der Waals surface area contributed by atoms with E-state index in [-0.39, 0.29) is 0 Å². The average Bonchev–Trinajstić information content (AvgIpc) is 2.35. The number of aliphatic hydroxyl groups is 1. The molecular formula is C14H29NO. The third kappa shape index (κ3) is 4.84. The predicted octanol–water partition coefficient (Wildman–Crippen LogP) is 2.95. The Balaban J connectivity index is 2.33. The lowest BCUT2D eigenvalue weighted by Crippen LogP contribution is -2.40. The van der Waals surface area contributed by atoms with Gasteiger partial charge in [-0.2, -0.15) is 0 Å². The second-order valence-corrected chi connectivity index (χ2v) is 5.49. The van der Waals surface area contributed by atoms with Gasteiger partial charge in [0.25, 0.3) is 0 Å². The molecule has 0 aliphatic heterocycles. The minimum atomic E-state index is 0.302.